The number of unbranched alkanes of at least 4 members (excludes halogenated alkanes) is 1. The third-order valence-corrected chi connectivity index (χ3v) is 8.94. The summed E-state index contributed by atoms with van der Waals surface area (Å²) in [4.78, 5) is 13.4. The maximum Gasteiger partial charge on any atom is 0.162 e. The van der Waals surface area contributed by atoms with Crippen LogP contribution >= 0.6 is 0 Å². The van der Waals surface area contributed by atoms with Gasteiger partial charge in [0.05, 0.1) is 0 Å². The molecule has 1 heteroatoms. The molecule has 3 saturated carbocycles. The van der Waals surface area contributed by atoms with Crippen LogP contribution in [-0.4, -0.2) is 5.78 Å². The van der Waals surface area contributed by atoms with Gasteiger partial charge < -0.3 is 0 Å². The number of hydrogen-bond donors (Lipinski definition) is 0. The first-order chi connectivity index (χ1) is 13.5. The van der Waals surface area contributed by atoms with Crippen molar-refractivity contribution in [2.24, 2.45) is 34.5 Å². The molecule has 4 aliphatic carbocycles. The second kappa shape index (κ2) is 9.94. The van der Waals surface area contributed by atoms with Gasteiger partial charge in [0.1, 0.15) is 0 Å². The van der Waals surface area contributed by atoms with Crippen molar-refractivity contribution in [1.82, 2.24) is 0 Å². The van der Waals surface area contributed by atoms with Gasteiger partial charge in [-0.2, -0.15) is 0 Å². The molecule has 4 rings (SSSR count). The lowest BCUT2D eigenvalue weighted by molar-refractivity contribution is -0.131. The van der Waals surface area contributed by atoms with Crippen molar-refractivity contribution >= 4 is 5.78 Å². The van der Waals surface area contributed by atoms with Crippen molar-refractivity contribution in [1.29, 1.82) is 0 Å². The van der Waals surface area contributed by atoms with Gasteiger partial charge in [0.15, 0.2) is 5.78 Å². The second-order valence-corrected chi connectivity index (χ2v) is 9.81. The minimum absolute atomic E-state index is 0.0405. The number of ketones is 1. The van der Waals surface area contributed by atoms with Gasteiger partial charge in [-0.25, -0.2) is 0 Å². The molecule has 0 radical (unpaired) electrons. The molecule has 6 unspecified atom stereocenters. The van der Waals surface area contributed by atoms with Crippen LogP contribution in [0.1, 0.15) is 119 Å². The predicted octanol–water partition coefficient (Wildman–Crippen LogP) is 8.38. The van der Waals surface area contributed by atoms with Crippen LogP contribution in [0.5, 0.6) is 0 Å². The molecule has 0 heterocycles. The lowest BCUT2D eigenvalue weighted by Gasteiger charge is -2.55. The van der Waals surface area contributed by atoms with E-state index < -0.39 is 0 Å². The van der Waals surface area contributed by atoms with Crippen molar-refractivity contribution in [3.05, 3.63) is 11.6 Å². The molecule has 0 aromatic rings. The standard InChI is InChI=1S/C23H36O.2C2H6/c1-4-5-8-17-11-13-19-18-12-10-16-9-6-7-14-22(16,2)20(18)15-21(24)23(17,19)3;2*1-2/h15-19H,4-14H2,1-3H3;2*1-2H3. The Balaban J connectivity index is 0.000000660. The topological polar surface area (TPSA) is 17.1 Å². The quantitative estimate of drug-likeness (QED) is 0.474. The van der Waals surface area contributed by atoms with E-state index >= 15 is 0 Å². The summed E-state index contributed by atoms with van der Waals surface area (Å²) in [5.41, 5.74) is 1.91. The van der Waals surface area contributed by atoms with E-state index in [1.54, 1.807) is 5.57 Å². The normalized spacial score (nSPS) is 41.2. The first kappa shape index (κ1) is 23.7. The Hall–Kier alpha value is -0.590. The van der Waals surface area contributed by atoms with Gasteiger partial charge in [0, 0.05) is 5.41 Å². The zero-order chi connectivity index (χ0) is 20.9. The second-order valence-electron chi connectivity index (χ2n) is 9.81. The Morgan fingerprint density at radius 2 is 1.68 bits per heavy atom. The zero-order valence-electron chi connectivity index (χ0n) is 20.1. The number of rotatable bonds is 3. The maximum atomic E-state index is 13.4. The summed E-state index contributed by atoms with van der Waals surface area (Å²) in [6.45, 7) is 15.1. The van der Waals surface area contributed by atoms with Crippen LogP contribution in [0.3, 0.4) is 0 Å². The molecule has 0 spiro atoms. The van der Waals surface area contributed by atoms with Crippen LogP contribution in [0, 0.1) is 34.5 Å². The van der Waals surface area contributed by atoms with Gasteiger partial charge >= 0.3 is 0 Å². The smallest absolute Gasteiger partial charge is 0.162 e. The molecule has 0 aromatic heterocycles. The Kier molecular flexibility index (Phi) is 8.41. The molecule has 0 aromatic carbocycles. The Morgan fingerprint density at radius 3 is 2.36 bits per heavy atom. The van der Waals surface area contributed by atoms with E-state index in [1.807, 2.05) is 27.7 Å². The summed E-state index contributed by atoms with van der Waals surface area (Å²) in [6.07, 6.45) is 16.9. The molecule has 6 atom stereocenters. The highest BCUT2D eigenvalue weighted by Crippen LogP contribution is 2.64. The lowest BCUT2D eigenvalue weighted by Crippen LogP contribution is -2.50. The van der Waals surface area contributed by atoms with E-state index in [-0.39, 0.29) is 5.41 Å². The van der Waals surface area contributed by atoms with E-state index in [9.17, 15) is 4.79 Å². The zero-order valence-corrected chi connectivity index (χ0v) is 20.1. The van der Waals surface area contributed by atoms with Gasteiger partial charge in [-0.05, 0) is 80.1 Å². The summed E-state index contributed by atoms with van der Waals surface area (Å²) in [5, 5.41) is 0. The molecule has 0 saturated heterocycles. The monoisotopic (exact) mass is 388 g/mol. The van der Waals surface area contributed by atoms with Gasteiger partial charge in [-0.3, -0.25) is 4.79 Å². The Bertz CT molecular complexity index is 546. The van der Waals surface area contributed by atoms with Crippen molar-refractivity contribution < 1.29 is 4.79 Å². The van der Waals surface area contributed by atoms with Crippen LogP contribution in [0.4, 0.5) is 0 Å². The molecular weight excluding hydrogens is 340 g/mol. The minimum Gasteiger partial charge on any atom is -0.294 e. The predicted molar refractivity (Wildman–Crippen MR) is 122 cm³/mol. The van der Waals surface area contributed by atoms with Crippen LogP contribution < -0.4 is 0 Å². The average molecular weight is 389 g/mol. The minimum atomic E-state index is -0.0405. The molecule has 1 nitrogen and oxygen atoms in total. The molecular formula is C27H48O. The molecule has 0 amide bonds. The molecule has 0 aliphatic heterocycles. The summed E-state index contributed by atoms with van der Waals surface area (Å²) in [7, 11) is 0. The highest BCUT2D eigenvalue weighted by molar-refractivity contribution is 5.97. The van der Waals surface area contributed by atoms with Crippen LogP contribution in [-0.2, 0) is 4.79 Å². The molecule has 0 bridgehead atoms. The van der Waals surface area contributed by atoms with Crippen molar-refractivity contribution in [3.63, 3.8) is 0 Å². The highest BCUT2D eigenvalue weighted by Gasteiger charge is 2.59. The summed E-state index contributed by atoms with van der Waals surface area (Å²) in [5.74, 6) is 3.36. The first-order valence-corrected chi connectivity index (χ1v) is 12.8. The molecule has 28 heavy (non-hydrogen) atoms. The van der Waals surface area contributed by atoms with Gasteiger partial charge in [-0.1, -0.05) is 79.7 Å². The van der Waals surface area contributed by atoms with Crippen LogP contribution in [0.25, 0.3) is 0 Å². The summed E-state index contributed by atoms with van der Waals surface area (Å²) >= 11 is 0. The largest absolute Gasteiger partial charge is 0.294 e. The number of carbonyl (C=O) groups excluding carboxylic acids is 1. The lowest BCUT2D eigenvalue weighted by atomic mass is 9.48. The molecule has 4 aliphatic rings. The Labute approximate surface area is 176 Å². The fourth-order valence-electron chi connectivity index (χ4n) is 7.38. The third kappa shape index (κ3) is 3.77. The highest BCUT2D eigenvalue weighted by atomic mass is 16.1. The fraction of sp³-hybridized carbons (Fsp3) is 0.889. The molecule has 0 N–H and O–H groups in total. The van der Waals surface area contributed by atoms with Gasteiger partial charge in [0.2, 0.25) is 0 Å². The van der Waals surface area contributed by atoms with Gasteiger partial charge in [0.25, 0.3) is 0 Å². The van der Waals surface area contributed by atoms with E-state index in [0.717, 1.165) is 11.8 Å². The van der Waals surface area contributed by atoms with Crippen molar-refractivity contribution in [3.8, 4) is 0 Å². The van der Waals surface area contributed by atoms with E-state index in [1.165, 1.54) is 70.6 Å². The number of allylic oxidation sites excluding steroid dienone is 2. The average Bonchev–Trinajstić information content (AvgIpc) is 3.08. The number of fused-ring (bicyclic) bond motifs is 5. The van der Waals surface area contributed by atoms with Crippen molar-refractivity contribution in [2.45, 2.75) is 119 Å². The first-order valence-electron chi connectivity index (χ1n) is 12.8. The van der Waals surface area contributed by atoms with Crippen LogP contribution in [0.15, 0.2) is 11.6 Å². The summed E-state index contributed by atoms with van der Waals surface area (Å²) < 4.78 is 0. The number of hydrogen-bond acceptors (Lipinski definition) is 1. The Morgan fingerprint density at radius 1 is 0.964 bits per heavy atom. The molecule has 3 fully saturated rings. The third-order valence-electron chi connectivity index (χ3n) is 8.94. The maximum absolute atomic E-state index is 13.4. The van der Waals surface area contributed by atoms with Gasteiger partial charge in [-0.15, -0.1) is 0 Å². The number of carbonyl (C=O) groups is 1. The SMILES string of the molecule is CC.CC.CCCCC1CCC2C3CCC4CCCCC4(C)C3=CC(=O)C12C. The van der Waals surface area contributed by atoms with E-state index in [4.69, 9.17) is 0 Å². The molecule has 162 valence electrons. The summed E-state index contributed by atoms with van der Waals surface area (Å²) in [6, 6.07) is 0. The van der Waals surface area contributed by atoms with E-state index in [0.29, 0.717) is 23.0 Å². The van der Waals surface area contributed by atoms with Crippen LogP contribution in [0.2, 0.25) is 0 Å². The van der Waals surface area contributed by atoms with Crippen molar-refractivity contribution in [2.75, 3.05) is 0 Å². The fourth-order valence-corrected chi connectivity index (χ4v) is 7.38. The van der Waals surface area contributed by atoms with E-state index in [2.05, 4.69) is 26.8 Å².